The number of carbonyl (C=O) groups excluding carboxylic acids is 1. The maximum Gasteiger partial charge on any atom is 0.251 e. The van der Waals surface area contributed by atoms with Gasteiger partial charge >= 0.3 is 0 Å². The number of methoxy groups -OCH3 is 1. The van der Waals surface area contributed by atoms with Crippen LogP contribution in [0.25, 0.3) is 5.69 Å². The van der Waals surface area contributed by atoms with Crippen LogP contribution >= 0.6 is 0 Å². The summed E-state index contributed by atoms with van der Waals surface area (Å²) < 4.78 is 12.7. The van der Waals surface area contributed by atoms with Crippen molar-refractivity contribution in [2.24, 2.45) is 0 Å². The van der Waals surface area contributed by atoms with Gasteiger partial charge in [-0.3, -0.25) is 4.79 Å². The molecule has 1 aromatic heterocycles. The zero-order valence-corrected chi connectivity index (χ0v) is 17.1. The van der Waals surface area contributed by atoms with E-state index in [1.807, 2.05) is 48.9 Å². The molecule has 0 aliphatic heterocycles. The van der Waals surface area contributed by atoms with Crippen LogP contribution in [0.2, 0.25) is 0 Å². The minimum absolute atomic E-state index is 0.122. The molecule has 0 unspecified atom stereocenters. The van der Waals surface area contributed by atoms with Gasteiger partial charge in [-0.15, -0.1) is 0 Å². The third-order valence-corrected chi connectivity index (χ3v) is 4.66. The van der Waals surface area contributed by atoms with E-state index in [0.29, 0.717) is 30.2 Å². The highest BCUT2D eigenvalue weighted by atomic mass is 16.5. The first kappa shape index (κ1) is 20.5. The molecule has 3 aromatic rings. The van der Waals surface area contributed by atoms with E-state index in [2.05, 4.69) is 16.6 Å². The Morgan fingerprint density at radius 1 is 1.14 bits per heavy atom. The third kappa shape index (κ3) is 5.16. The molecule has 152 valence electrons. The molecule has 2 aromatic carbocycles. The van der Waals surface area contributed by atoms with Crippen LogP contribution in [0.1, 0.15) is 35.0 Å². The second-order valence-electron chi connectivity index (χ2n) is 6.68. The summed E-state index contributed by atoms with van der Waals surface area (Å²) in [5.41, 5.74) is 3.79. The number of hydrogen-bond acceptors (Lipinski definition) is 4. The summed E-state index contributed by atoms with van der Waals surface area (Å²) >= 11 is 0. The molecule has 6 nitrogen and oxygen atoms in total. The number of nitrogens with zero attached hydrogens (tertiary/aromatic N) is 2. The van der Waals surface area contributed by atoms with Crippen molar-refractivity contribution in [3.05, 3.63) is 71.5 Å². The summed E-state index contributed by atoms with van der Waals surface area (Å²) in [5, 5.41) is 7.56. The van der Waals surface area contributed by atoms with E-state index in [9.17, 15) is 4.79 Å². The van der Waals surface area contributed by atoms with E-state index in [-0.39, 0.29) is 5.91 Å². The summed E-state index contributed by atoms with van der Waals surface area (Å²) in [5.74, 6) is 1.07. The van der Waals surface area contributed by atoms with E-state index in [1.165, 1.54) is 5.56 Å². The van der Waals surface area contributed by atoms with Gasteiger partial charge in [0, 0.05) is 18.3 Å². The Morgan fingerprint density at radius 3 is 2.66 bits per heavy atom. The highest BCUT2D eigenvalue weighted by Crippen LogP contribution is 2.28. The number of aryl methyl sites for hydroxylation is 2. The summed E-state index contributed by atoms with van der Waals surface area (Å²) in [7, 11) is 1.57. The Morgan fingerprint density at radius 2 is 1.93 bits per heavy atom. The fraction of sp³-hybridized carbons (Fsp3) is 0.304. The Balaban J connectivity index is 1.53. The fourth-order valence-corrected chi connectivity index (χ4v) is 3.12. The number of carbonyl (C=O) groups is 1. The molecule has 0 radical (unpaired) electrons. The average molecular weight is 393 g/mol. The van der Waals surface area contributed by atoms with Crippen LogP contribution in [-0.2, 0) is 6.42 Å². The lowest BCUT2D eigenvalue weighted by Gasteiger charge is -2.11. The second-order valence-corrected chi connectivity index (χ2v) is 6.68. The van der Waals surface area contributed by atoms with Crippen molar-refractivity contribution in [2.75, 3.05) is 20.3 Å². The molecule has 0 bridgehead atoms. The largest absolute Gasteiger partial charge is 0.493 e. The Hall–Kier alpha value is -3.28. The number of amides is 1. The lowest BCUT2D eigenvalue weighted by molar-refractivity contribution is 0.0953. The highest BCUT2D eigenvalue weighted by molar-refractivity contribution is 5.94. The molecule has 3 rings (SSSR count). The SMILES string of the molecule is CCOc1ccc(C(=O)NCCCc2cn(-c3ccccc3)nc2C)cc1OC. The predicted molar refractivity (Wildman–Crippen MR) is 113 cm³/mol. The molecule has 0 saturated heterocycles. The van der Waals surface area contributed by atoms with Gasteiger partial charge in [-0.1, -0.05) is 18.2 Å². The first-order valence-electron chi connectivity index (χ1n) is 9.82. The van der Waals surface area contributed by atoms with Gasteiger partial charge < -0.3 is 14.8 Å². The number of benzene rings is 2. The maximum atomic E-state index is 12.4. The number of ether oxygens (including phenoxy) is 2. The molecular formula is C23H27N3O3. The van der Waals surface area contributed by atoms with E-state index in [0.717, 1.165) is 24.2 Å². The van der Waals surface area contributed by atoms with Gasteiger partial charge in [0.1, 0.15) is 0 Å². The van der Waals surface area contributed by atoms with Gasteiger partial charge in [0.2, 0.25) is 0 Å². The van der Waals surface area contributed by atoms with E-state index in [4.69, 9.17) is 9.47 Å². The summed E-state index contributed by atoms with van der Waals surface area (Å²) in [4.78, 5) is 12.4. The standard InChI is InChI=1S/C23H27N3O3/c1-4-29-21-13-12-18(15-22(21)28-3)23(27)24-14-8-9-19-16-26(25-17(19)2)20-10-6-5-7-11-20/h5-7,10-13,15-16H,4,8-9,14H2,1-3H3,(H,24,27). The molecule has 0 aliphatic rings. The maximum absolute atomic E-state index is 12.4. The van der Waals surface area contributed by atoms with Crippen molar-refractivity contribution in [1.29, 1.82) is 0 Å². The summed E-state index contributed by atoms with van der Waals surface area (Å²) in [6.45, 7) is 5.05. The molecule has 0 aliphatic carbocycles. The van der Waals surface area contributed by atoms with Crippen LogP contribution in [0, 0.1) is 6.92 Å². The summed E-state index contributed by atoms with van der Waals surface area (Å²) in [6, 6.07) is 15.3. The van der Waals surface area contributed by atoms with Gasteiger partial charge in [0.05, 0.1) is 25.1 Å². The molecule has 1 N–H and O–H groups in total. The van der Waals surface area contributed by atoms with Crippen LogP contribution in [0.15, 0.2) is 54.7 Å². The van der Waals surface area contributed by atoms with Crippen molar-refractivity contribution in [1.82, 2.24) is 15.1 Å². The number of para-hydroxylation sites is 1. The van der Waals surface area contributed by atoms with Gasteiger partial charge in [-0.2, -0.15) is 5.10 Å². The van der Waals surface area contributed by atoms with Crippen molar-refractivity contribution in [2.45, 2.75) is 26.7 Å². The van der Waals surface area contributed by atoms with Crippen molar-refractivity contribution in [3.8, 4) is 17.2 Å². The summed E-state index contributed by atoms with van der Waals surface area (Å²) in [6.07, 6.45) is 3.75. The zero-order chi connectivity index (χ0) is 20.6. The minimum Gasteiger partial charge on any atom is -0.493 e. The normalized spacial score (nSPS) is 10.6. The van der Waals surface area contributed by atoms with Crippen LogP contribution < -0.4 is 14.8 Å². The van der Waals surface area contributed by atoms with Gasteiger partial charge in [0.15, 0.2) is 11.5 Å². The number of rotatable bonds is 9. The first-order valence-corrected chi connectivity index (χ1v) is 9.82. The van der Waals surface area contributed by atoms with Gasteiger partial charge in [-0.25, -0.2) is 4.68 Å². The molecule has 0 fully saturated rings. The van der Waals surface area contributed by atoms with Gasteiger partial charge in [-0.05, 0) is 62.6 Å². The second kappa shape index (κ2) is 9.78. The minimum atomic E-state index is -0.122. The lowest BCUT2D eigenvalue weighted by Crippen LogP contribution is -2.24. The average Bonchev–Trinajstić information content (AvgIpc) is 3.12. The molecule has 0 saturated carbocycles. The van der Waals surface area contributed by atoms with Gasteiger partial charge in [0.25, 0.3) is 5.91 Å². The third-order valence-electron chi connectivity index (χ3n) is 4.66. The number of aromatic nitrogens is 2. The number of hydrogen-bond donors (Lipinski definition) is 1. The first-order chi connectivity index (χ1) is 14.1. The Labute approximate surface area is 171 Å². The molecule has 1 heterocycles. The zero-order valence-electron chi connectivity index (χ0n) is 17.1. The van der Waals surface area contributed by atoms with E-state index >= 15 is 0 Å². The van der Waals surface area contributed by atoms with Crippen LogP contribution in [-0.4, -0.2) is 35.9 Å². The van der Waals surface area contributed by atoms with Crippen molar-refractivity contribution < 1.29 is 14.3 Å². The molecule has 6 heteroatoms. The molecule has 0 atom stereocenters. The van der Waals surface area contributed by atoms with Crippen molar-refractivity contribution in [3.63, 3.8) is 0 Å². The van der Waals surface area contributed by atoms with Crippen LogP contribution in [0.3, 0.4) is 0 Å². The Bertz CT molecular complexity index is 951. The molecule has 1 amide bonds. The monoisotopic (exact) mass is 393 g/mol. The van der Waals surface area contributed by atoms with E-state index < -0.39 is 0 Å². The quantitative estimate of drug-likeness (QED) is 0.559. The highest BCUT2D eigenvalue weighted by Gasteiger charge is 2.11. The topological polar surface area (TPSA) is 65.4 Å². The van der Waals surface area contributed by atoms with E-state index in [1.54, 1.807) is 25.3 Å². The van der Waals surface area contributed by atoms with Crippen LogP contribution in [0.4, 0.5) is 0 Å². The van der Waals surface area contributed by atoms with Crippen LogP contribution in [0.5, 0.6) is 11.5 Å². The molecule has 0 spiro atoms. The smallest absolute Gasteiger partial charge is 0.251 e. The van der Waals surface area contributed by atoms with Crippen molar-refractivity contribution >= 4 is 5.91 Å². The molecular weight excluding hydrogens is 366 g/mol. The fourth-order valence-electron chi connectivity index (χ4n) is 3.12. The molecule has 29 heavy (non-hydrogen) atoms. The lowest BCUT2D eigenvalue weighted by atomic mass is 10.1. The Kier molecular flexibility index (Phi) is 6.89. The predicted octanol–water partition coefficient (Wildman–Crippen LogP) is 3.95. The number of nitrogens with one attached hydrogen (secondary N) is 1.